The van der Waals surface area contributed by atoms with Crippen molar-refractivity contribution in [2.75, 3.05) is 25.0 Å². The molecule has 1 aliphatic rings. The number of ether oxygens (including phenoxy) is 1. The van der Waals surface area contributed by atoms with E-state index >= 15 is 0 Å². The molecule has 2 aromatic rings. The number of piperidine rings is 1. The van der Waals surface area contributed by atoms with Crippen molar-refractivity contribution in [3.63, 3.8) is 0 Å². The second-order valence-corrected chi connectivity index (χ2v) is 8.83. The maximum absolute atomic E-state index is 12.3. The van der Waals surface area contributed by atoms with E-state index in [0.29, 0.717) is 19.0 Å². The molecule has 29 heavy (non-hydrogen) atoms. The molecule has 158 valence electrons. The molecule has 0 unspecified atom stereocenters. The molecule has 7 nitrogen and oxygen atoms in total. The van der Waals surface area contributed by atoms with Crippen molar-refractivity contribution in [1.82, 2.24) is 14.3 Å². The summed E-state index contributed by atoms with van der Waals surface area (Å²) in [4.78, 5) is 31.8. The van der Waals surface area contributed by atoms with E-state index < -0.39 is 5.60 Å². The summed E-state index contributed by atoms with van der Waals surface area (Å²) in [5, 5.41) is 0. The van der Waals surface area contributed by atoms with Crippen molar-refractivity contribution in [3.05, 3.63) is 29.1 Å². The lowest BCUT2D eigenvalue weighted by Gasteiger charge is -2.34. The lowest BCUT2D eigenvalue weighted by Crippen LogP contribution is -2.41. The number of anilines is 1. The third-order valence-corrected chi connectivity index (χ3v) is 5.47. The topological polar surface area (TPSA) is 67.2 Å². The van der Waals surface area contributed by atoms with Gasteiger partial charge < -0.3 is 14.5 Å². The van der Waals surface area contributed by atoms with Crippen molar-refractivity contribution in [1.29, 1.82) is 0 Å². The Bertz CT molecular complexity index is 905. The van der Waals surface area contributed by atoms with Crippen molar-refractivity contribution in [2.24, 2.45) is 0 Å². The molecular formula is C22H32N4O3. The van der Waals surface area contributed by atoms with Gasteiger partial charge in [0, 0.05) is 26.3 Å². The minimum atomic E-state index is -0.477. The van der Waals surface area contributed by atoms with Gasteiger partial charge in [-0.1, -0.05) is 6.92 Å². The van der Waals surface area contributed by atoms with Gasteiger partial charge in [0.2, 0.25) is 6.41 Å². The molecule has 2 aromatic heterocycles. The Kier molecular flexibility index (Phi) is 5.87. The number of pyridine rings is 1. The van der Waals surface area contributed by atoms with Gasteiger partial charge in [-0.3, -0.25) is 9.20 Å². The van der Waals surface area contributed by atoms with E-state index in [0.717, 1.165) is 42.8 Å². The van der Waals surface area contributed by atoms with E-state index in [4.69, 9.17) is 9.72 Å². The predicted octanol–water partition coefficient (Wildman–Crippen LogP) is 3.91. The average molecular weight is 401 g/mol. The Hall–Kier alpha value is -2.57. The standard InChI is InChI=1S/C22H32N4O3/c1-7-18-20(24(6)14-27)26-13-17(15(2)12-19(26)23-18)16-8-10-25(11-9-16)21(28)29-22(3,4)5/h12-14,16H,7-11H2,1-6H3. The third-order valence-electron chi connectivity index (χ3n) is 5.47. The summed E-state index contributed by atoms with van der Waals surface area (Å²) in [6, 6.07) is 2.09. The maximum atomic E-state index is 12.3. The third kappa shape index (κ3) is 4.38. The highest BCUT2D eigenvalue weighted by Gasteiger charge is 2.28. The molecule has 0 saturated carbocycles. The Balaban J connectivity index is 1.84. The zero-order chi connectivity index (χ0) is 21.3. The number of nitrogens with zero attached hydrogens (tertiary/aromatic N) is 4. The molecule has 3 heterocycles. The molecule has 1 fully saturated rings. The van der Waals surface area contributed by atoms with Crippen LogP contribution in [0, 0.1) is 6.92 Å². The number of hydrogen-bond donors (Lipinski definition) is 0. The van der Waals surface area contributed by atoms with Gasteiger partial charge in [-0.15, -0.1) is 0 Å². The van der Waals surface area contributed by atoms with Crippen LogP contribution in [0.3, 0.4) is 0 Å². The number of rotatable bonds is 4. The van der Waals surface area contributed by atoms with Crippen LogP contribution < -0.4 is 4.90 Å². The molecule has 1 aliphatic heterocycles. The van der Waals surface area contributed by atoms with Crippen LogP contribution in [-0.2, 0) is 16.0 Å². The van der Waals surface area contributed by atoms with Crippen LogP contribution in [0.1, 0.15) is 63.3 Å². The van der Waals surface area contributed by atoms with Crippen molar-refractivity contribution < 1.29 is 14.3 Å². The maximum Gasteiger partial charge on any atom is 0.410 e. The lowest BCUT2D eigenvalue weighted by atomic mass is 9.88. The second-order valence-electron chi connectivity index (χ2n) is 8.83. The van der Waals surface area contributed by atoms with Crippen LogP contribution in [0.25, 0.3) is 5.65 Å². The highest BCUT2D eigenvalue weighted by atomic mass is 16.6. The number of amides is 2. The van der Waals surface area contributed by atoms with E-state index in [1.54, 1.807) is 16.8 Å². The average Bonchev–Trinajstić information content (AvgIpc) is 3.02. The minimum absolute atomic E-state index is 0.236. The summed E-state index contributed by atoms with van der Waals surface area (Å²) in [5.41, 5.74) is 3.74. The van der Waals surface area contributed by atoms with Crippen LogP contribution >= 0.6 is 0 Å². The van der Waals surface area contributed by atoms with Gasteiger partial charge in [0.1, 0.15) is 17.1 Å². The molecule has 0 aromatic carbocycles. The fraction of sp³-hybridized carbons (Fsp3) is 0.591. The largest absolute Gasteiger partial charge is 0.444 e. The zero-order valence-corrected chi connectivity index (χ0v) is 18.4. The van der Waals surface area contributed by atoms with Crippen molar-refractivity contribution in [2.45, 2.75) is 65.4 Å². The predicted molar refractivity (Wildman–Crippen MR) is 114 cm³/mol. The monoisotopic (exact) mass is 400 g/mol. The van der Waals surface area contributed by atoms with Gasteiger partial charge in [0.25, 0.3) is 0 Å². The summed E-state index contributed by atoms with van der Waals surface area (Å²) in [6.07, 6.45) is 5.25. The Labute approximate surface area is 172 Å². The molecule has 0 aliphatic carbocycles. The number of aryl methyl sites for hydroxylation is 2. The summed E-state index contributed by atoms with van der Waals surface area (Å²) in [7, 11) is 1.76. The molecule has 0 spiro atoms. The number of hydrogen-bond acceptors (Lipinski definition) is 4. The highest BCUT2D eigenvalue weighted by molar-refractivity contribution is 5.76. The molecule has 3 rings (SSSR count). The van der Waals surface area contributed by atoms with Gasteiger partial charge in [-0.2, -0.15) is 0 Å². The SMILES string of the molecule is CCc1nc2cc(C)c(C3CCN(C(=O)OC(C)(C)C)CC3)cn2c1N(C)C=O. The van der Waals surface area contributed by atoms with E-state index in [1.165, 1.54) is 11.1 Å². The van der Waals surface area contributed by atoms with Crippen LogP contribution in [0.15, 0.2) is 12.3 Å². The summed E-state index contributed by atoms with van der Waals surface area (Å²) >= 11 is 0. The van der Waals surface area contributed by atoms with Gasteiger partial charge in [0.15, 0.2) is 0 Å². The number of fused-ring (bicyclic) bond motifs is 1. The van der Waals surface area contributed by atoms with Gasteiger partial charge >= 0.3 is 6.09 Å². The first-order chi connectivity index (χ1) is 13.6. The zero-order valence-electron chi connectivity index (χ0n) is 18.4. The van der Waals surface area contributed by atoms with Crippen LogP contribution in [0.2, 0.25) is 0 Å². The molecule has 7 heteroatoms. The number of carbonyl (C=O) groups is 2. The smallest absolute Gasteiger partial charge is 0.410 e. The first-order valence-electron chi connectivity index (χ1n) is 10.3. The summed E-state index contributed by atoms with van der Waals surface area (Å²) < 4.78 is 7.53. The fourth-order valence-electron chi connectivity index (χ4n) is 4.02. The van der Waals surface area contributed by atoms with Crippen molar-refractivity contribution in [3.8, 4) is 0 Å². The molecule has 2 amide bonds. The summed E-state index contributed by atoms with van der Waals surface area (Å²) in [5.74, 6) is 1.19. The van der Waals surface area contributed by atoms with Gasteiger partial charge in [0.05, 0.1) is 5.69 Å². The molecule has 1 saturated heterocycles. The van der Waals surface area contributed by atoms with Crippen molar-refractivity contribution >= 4 is 24.0 Å². The van der Waals surface area contributed by atoms with Crippen LogP contribution in [0.4, 0.5) is 10.6 Å². The lowest BCUT2D eigenvalue weighted by molar-refractivity contribution is -0.107. The number of aromatic nitrogens is 2. The van der Waals surface area contributed by atoms with Gasteiger partial charge in [-0.05, 0) is 70.1 Å². The van der Waals surface area contributed by atoms with E-state index in [1.807, 2.05) is 32.1 Å². The van der Waals surface area contributed by atoms with E-state index in [9.17, 15) is 9.59 Å². The molecular weight excluding hydrogens is 368 g/mol. The quantitative estimate of drug-likeness (QED) is 0.730. The molecule has 0 radical (unpaired) electrons. The minimum Gasteiger partial charge on any atom is -0.444 e. The second kappa shape index (κ2) is 8.05. The number of imidazole rings is 1. The van der Waals surface area contributed by atoms with Crippen LogP contribution in [0.5, 0.6) is 0 Å². The normalized spacial score (nSPS) is 15.6. The Morgan fingerprint density at radius 2 is 2.00 bits per heavy atom. The fourth-order valence-corrected chi connectivity index (χ4v) is 4.02. The molecule has 0 bridgehead atoms. The first-order valence-corrected chi connectivity index (χ1v) is 10.3. The van der Waals surface area contributed by atoms with Crippen LogP contribution in [-0.4, -0.2) is 52.5 Å². The molecule has 0 atom stereocenters. The van der Waals surface area contributed by atoms with Gasteiger partial charge in [-0.25, -0.2) is 9.78 Å². The van der Waals surface area contributed by atoms with E-state index in [2.05, 4.69) is 19.2 Å². The number of carbonyl (C=O) groups excluding carboxylic acids is 2. The number of likely N-dealkylation sites (tertiary alicyclic amines) is 1. The Morgan fingerprint density at radius 1 is 1.34 bits per heavy atom. The van der Waals surface area contributed by atoms with E-state index in [-0.39, 0.29) is 6.09 Å². The first kappa shape index (κ1) is 21.1. The summed E-state index contributed by atoms with van der Waals surface area (Å²) in [6.45, 7) is 11.2. The highest BCUT2D eigenvalue weighted by Crippen LogP contribution is 2.33. The Morgan fingerprint density at radius 3 is 2.55 bits per heavy atom. The molecule has 0 N–H and O–H groups in total.